The Morgan fingerprint density at radius 1 is 1.09 bits per heavy atom. The van der Waals surface area contributed by atoms with Gasteiger partial charge in [-0.25, -0.2) is 8.42 Å². The Morgan fingerprint density at radius 3 is 2.14 bits per heavy atom. The highest BCUT2D eigenvalue weighted by Gasteiger charge is 2.26. The van der Waals surface area contributed by atoms with Crippen molar-refractivity contribution in [3.8, 4) is 0 Å². The largest absolute Gasteiger partial charge is 0.368 e. The summed E-state index contributed by atoms with van der Waals surface area (Å²) in [7, 11) is -3.92. The van der Waals surface area contributed by atoms with Gasteiger partial charge in [0.1, 0.15) is 6.54 Å². The molecule has 0 fully saturated rings. The minimum atomic E-state index is -3.92. The Bertz CT molecular complexity index is 777. The fourth-order valence-corrected chi connectivity index (χ4v) is 3.62. The molecule has 0 radical (unpaired) electrons. The quantitative estimate of drug-likeness (QED) is 0.833. The van der Waals surface area contributed by atoms with Crippen molar-refractivity contribution < 1.29 is 13.2 Å². The highest BCUT2D eigenvalue weighted by molar-refractivity contribution is 9.10. The van der Waals surface area contributed by atoms with Gasteiger partial charge in [0, 0.05) is 9.50 Å². The second-order valence-corrected chi connectivity index (χ2v) is 7.62. The SMILES string of the molecule is NC(=O)CN(c1ccc(Br)cc1)S(=O)(=O)c1ccc(Cl)cc1. The lowest BCUT2D eigenvalue weighted by atomic mass is 10.3. The van der Waals surface area contributed by atoms with E-state index in [-0.39, 0.29) is 4.90 Å². The summed E-state index contributed by atoms with van der Waals surface area (Å²) in [4.78, 5) is 11.3. The molecule has 0 heterocycles. The molecule has 0 aliphatic heterocycles. The lowest BCUT2D eigenvalue weighted by Crippen LogP contribution is -2.38. The normalized spacial score (nSPS) is 11.2. The summed E-state index contributed by atoms with van der Waals surface area (Å²) < 4.78 is 27.2. The zero-order valence-corrected chi connectivity index (χ0v) is 14.4. The minimum Gasteiger partial charge on any atom is -0.368 e. The molecule has 116 valence electrons. The van der Waals surface area contributed by atoms with Crippen LogP contribution in [0.2, 0.25) is 5.02 Å². The standard InChI is InChI=1S/C14H12BrClN2O3S/c15-10-1-5-12(6-2-10)18(9-14(17)19)22(20,21)13-7-3-11(16)4-8-13/h1-8H,9H2,(H2,17,19). The van der Waals surface area contributed by atoms with E-state index < -0.39 is 22.5 Å². The molecule has 8 heteroatoms. The van der Waals surface area contributed by atoms with Crippen molar-refractivity contribution in [3.05, 3.63) is 58.0 Å². The molecular formula is C14H12BrClN2O3S. The molecule has 0 bridgehead atoms. The Labute approximate surface area is 141 Å². The molecule has 1 amide bonds. The molecule has 0 aliphatic rings. The van der Waals surface area contributed by atoms with Gasteiger partial charge in [-0.2, -0.15) is 0 Å². The van der Waals surface area contributed by atoms with Crippen LogP contribution >= 0.6 is 27.5 Å². The van der Waals surface area contributed by atoms with E-state index in [0.29, 0.717) is 10.7 Å². The summed E-state index contributed by atoms with van der Waals surface area (Å²) in [6.45, 7) is -0.452. The molecular weight excluding hydrogens is 392 g/mol. The Hall–Kier alpha value is -1.57. The number of primary amides is 1. The van der Waals surface area contributed by atoms with Crippen LogP contribution in [0.15, 0.2) is 57.9 Å². The van der Waals surface area contributed by atoms with Crippen LogP contribution in [0.25, 0.3) is 0 Å². The second-order valence-electron chi connectivity index (χ2n) is 4.41. The van der Waals surface area contributed by atoms with Crippen LogP contribution in [-0.2, 0) is 14.8 Å². The van der Waals surface area contributed by atoms with E-state index in [1.165, 1.54) is 24.3 Å². The van der Waals surface area contributed by atoms with Gasteiger partial charge in [-0.3, -0.25) is 9.10 Å². The van der Waals surface area contributed by atoms with Gasteiger partial charge in [-0.05, 0) is 48.5 Å². The van der Waals surface area contributed by atoms with E-state index in [1.54, 1.807) is 24.3 Å². The summed E-state index contributed by atoms with van der Waals surface area (Å²) in [5.41, 5.74) is 5.53. The van der Waals surface area contributed by atoms with Crippen molar-refractivity contribution in [2.24, 2.45) is 5.73 Å². The molecule has 2 aromatic rings. The maximum atomic E-state index is 12.7. The maximum Gasteiger partial charge on any atom is 0.264 e. The fourth-order valence-electron chi connectivity index (χ4n) is 1.80. The molecule has 2 aromatic carbocycles. The first-order valence-corrected chi connectivity index (χ1v) is 8.74. The average Bonchev–Trinajstić information content (AvgIpc) is 2.46. The van der Waals surface area contributed by atoms with Gasteiger partial charge >= 0.3 is 0 Å². The summed E-state index contributed by atoms with van der Waals surface area (Å²) in [5.74, 6) is -0.750. The van der Waals surface area contributed by atoms with Crippen molar-refractivity contribution in [1.29, 1.82) is 0 Å². The Balaban J connectivity index is 2.50. The van der Waals surface area contributed by atoms with Gasteiger partial charge in [0.05, 0.1) is 10.6 Å². The van der Waals surface area contributed by atoms with Gasteiger partial charge in [-0.1, -0.05) is 27.5 Å². The van der Waals surface area contributed by atoms with E-state index in [0.717, 1.165) is 8.78 Å². The summed E-state index contributed by atoms with van der Waals surface area (Å²) >= 11 is 9.05. The van der Waals surface area contributed by atoms with Crippen LogP contribution in [0.3, 0.4) is 0 Å². The Kier molecular flexibility index (Phi) is 5.10. The predicted molar refractivity (Wildman–Crippen MR) is 89.3 cm³/mol. The zero-order valence-electron chi connectivity index (χ0n) is 11.2. The molecule has 0 spiro atoms. The van der Waals surface area contributed by atoms with Gasteiger partial charge < -0.3 is 5.73 Å². The monoisotopic (exact) mass is 402 g/mol. The smallest absolute Gasteiger partial charge is 0.264 e. The molecule has 22 heavy (non-hydrogen) atoms. The van der Waals surface area contributed by atoms with Crippen molar-refractivity contribution >= 4 is 49.1 Å². The molecule has 0 aromatic heterocycles. The summed E-state index contributed by atoms with van der Waals surface area (Å²) in [6, 6.07) is 12.2. The van der Waals surface area contributed by atoms with E-state index in [2.05, 4.69) is 15.9 Å². The third kappa shape index (κ3) is 3.79. The number of sulfonamides is 1. The molecule has 0 atom stereocenters. The fraction of sp³-hybridized carbons (Fsp3) is 0.0714. The maximum absolute atomic E-state index is 12.7. The summed E-state index contributed by atoms with van der Waals surface area (Å²) in [6.07, 6.45) is 0. The van der Waals surface area contributed by atoms with Crippen LogP contribution < -0.4 is 10.0 Å². The first-order chi connectivity index (χ1) is 10.3. The number of benzene rings is 2. The highest BCUT2D eigenvalue weighted by atomic mass is 79.9. The number of carbonyl (C=O) groups is 1. The van der Waals surface area contributed by atoms with Gasteiger partial charge in [0.15, 0.2) is 0 Å². The van der Waals surface area contributed by atoms with Crippen molar-refractivity contribution in [2.75, 3.05) is 10.8 Å². The number of nitrogens with zero attached hydrogens (tertiary/aromatic N) is 1. The van der Waals surface area contributed by atoms with Crippen LogP contribution in [0.5, 0.6) is 0 Å². The Morgan fingerprint density at radius 2 is 1.64 bits per heavy atom. The molecule has 0 saturated heterocycles. The number of carbonyl (C=O) groups excluding carboxylic acids is 1. The number of rotatable bonds is 5. The van der Waals surface area contributed by atoms with E-state index in [4.69, 9.17) is 17.3 Å². The first kappa shape index (κ1) is 16.8. The molecule has 5 nitrogen and oxygen atoms in total. The number of hydrogen-bond donors (Lipinski definition) is 1. The van der Waals surface area contributed by atoms with E-state index >= 15 is 0 Å². The molecule has 0 aliphatic carbocycles. The topological polar surface area (TPSA) is 80.5 Å². The average molecular weight is 404 g/mol. The number of nitrogens with two attached hydrogens (primary N) is 1. The van der Waals surface area contributed by atoms with Crippen LogP contribution in [0.1, 0.15) is 0 Å². The van der Waals surface area contributed by atoms with Crippen LogP contribution in [0, 0.1) is 0 Å². The van der Waals surface area contributed by atoms with Crippen LogP contribution in [-0.4, -0.2) is 20.9 Å². The number of amides is 1. The third-order valence-corrected chi connectivity index (χ3v) is 5.38. The molecule has 0 saturated carbocycles. The lowest BCUT2D eigenvalue weighted by Gasteiger charge is -2.23. The summed E-state index contributed by atoms with van der Waals surface area (Å²) in [5, 5.41) is 0.420. The van der Waals surface area contributed by atoms with Gasteiger partial charge in [-0.15, -0.1) is 0 Å². The zero-order chi connectivity index (χ0) is 16.3. The minimum absolute atomic E-state index is 0.0288. The molecule has 2 N–H and O–H groups in total. The highest BCUT2D eigenvalue weighted by Crippen LogP contribution is 2.25. The van der Waals surface area contributed by atoms with Gasteiger partial charge in [0.25, 0.3) is 10.0 Å². The van der Waals surface area contributed by atoms with Crippen LogP contribution in [0.4, 0.5) is 5.69 Å². The van der Waals surface area contributed by atoms with Crippen molar-refractivity contribution in [1.82, 2.24) is 0 Å². The van der Waals surface area contributed by atoms with Gasteiger partial charge in [0.2, 0.25) is 5.91 Å². The molecule has 0 unspecified atom stereocenters. The number of halogens is 2. The van der Waals surface area contributed by atoms with E-state index in [9.17, 15) is 13.2 Å². The lowest BCUT2D eigenvalue weighted by molar-refractivity contribution is -0.116. The predicted octanol–water partition coefficient (Wildman–Crippen LogP) is 2.78. The first-order valence-electron chi connectivity index (χ1n) is 6.13. The van der Waals surface area contributed by atoms with Crippen molar-refractivity contribution in [2.45, 2.75) is 4.90 Å². The number of anilines is 1. The number of hydrogen-bond acceptors (Lipinski definition) is 3. The van der Waals surface area contributed by atoms with E-state index in [1.807, 2.05) is 0 Å². The van der Waals surface area contributed by atoms with Crippen molar-refractivity contribution in [3.63, 3.8) is 0 Å². The molecule has 2 rings (SSSR count). The third-order valence-electron chi connectivity index (χ3n) is 2.82. The second kappa shape index (κ2) is 6.68.